The second-order valence-corrected chi connectivity index (χ2v) is 4.82. The van der Waals surface area contributed by atoms with Crippen LogP contribution in [0.15, 0.2) is 41.4 Å². The van der Waals surface area contributed by atoms with Crippen LogP contribution in [0.3, 0.4) is 0 Å². The van der Waals surface area contributed by atoms with Crippen LogP contribution >= 0.6 is 0 Å². The number of hydrogen-bond donors (Lipinski definition) is 0. The standard InChI is InChI=1S/C15H9F3N2O5/c16-15(17,18)25-11-3-1-10(2-4-11)19-7-9-5-13-14(24-8-23-13)6-12(9)20(21)22/h1-7H,8H2. The Bertz CT molecular complexity index is 834. The summed E-state index contributed by atoms with van der Waals surface area (Å²) in [6.07, 6.45) is -3.56. The van der Waals surface area contributed by atoms with Crippen LogP contribution in [-0.2, 0) is 0 Å². The van der Waals surface area contributed by atoms with Crippen molar-refractivity contribution in [2.75, 3.05) is 6.79 Å². The van der Waals surface area contributed by atoms with Gasteiger partial charge in [0.25, 0.3) is 5.69 Å². The molecule has 0 N–H and O–H groups in total. The van der Waals surface area contributed by atoms with Crippen LogP contribution in [-0.4, -0.2) is 24.3 Å². The van der Waals surface area contributed by atoms with E-state index in [9.17, 15) is 23.3 Å². The number of halogens is 3. The van der Waals surface area contributed by atoms with Crippen LogP contribution in [0.25, 0.3) is 0 Å². The molecule has 0 fully saturated rings. The molecule has 0 spiro atoms. The number of rotatable bonds is 4. The van der Waals surface area contributed by atoms with Crippen molar-refractivity contribution < 1.29 is 32.3 Å². The zero-order chi connectivity index (χ0) is 18.0. The van der Waals surface area contributed by atoms with Crippen LogP contribution in [0, 0.1) is 10.1 Å². The number of nitro benzene ring substituents is 1. The van der Waals surface area contributed by atoms with Crippen molar-refractivity contribution in [1.82, 2.24) is 0 Å². The van der Waals surface area contributed by atoms with Crippen LogP contribution in [0.5, 0.6) is 17.2 Å². The van der Waals surface area contributed by atoms with Crippen molar-refractivity contribution in [1.29, 1.82) is 0 Å². The van der Waals surface area contributed by atoms with Gasteiger partial charge in [0.15, 0.2) is 11.5 Å². The fourth-order valence-electron chi connectivity index (χ4n) is 2.09. The highest BCUT2D eigenvalue weighted by molar-refractivity contribution is 5.88. The summed E-state index contributed by atoms with van der Waals surface area (Å²) in [5, 5.41) is 11.1. The Morgan fingerprint density at radius 2 is 1.80 bits per heavy atom. The summed E-state index contributed by atoms with van der Waals surface area (Å²) in [7, 11) is 0. The first-order valence-electron chi connectivity index (χ1n) is 6.80. The van der Waals surface area contributed by atoms with Crippen molar-refractivity contribution in [2.45, 2.75) is 6.36 Å². The lowest BCUT2D eigenvalue weighted by atomic mass is 10.1. The lowest BCUT2D eigenvalue weighted by Crippen LogP contribution is -2.16. The minimum absolute atomic E-state index is 0.0340. The lowest BCUT2D eigenvalue weighted by Gasteiger charge is -2.08. The van der Waals surface area contributed by atoms with Crippen molar-refractivity contribution in [3.8, 4) is 17.2 Å². The van der Waals surface area contributed by atoms with E-state index in [0.717, 1.165) is 12.1 Å². The van der Waals surface area contributed by atoms with E-state index in [4.69, 9.17) is 9.47 Å². The fourth-order valence-corrected chi connectivity index (χ4v) is 2.09. The Morgan fingerprint density at radius 1 is 1.16 bits per heavy atom. The van der Waals surface area contributed by atoms with Gasteiger partial charge in [0.1, 0.15) is 5.75 Å². The molecule has 2 aromatic rings. The Labute approximate surface area is 138 Å². The molecule has 3 rings (SSSR count). The second-order valence-electron chi connectivity index (χ2n) is 4.82. The molecule has 0 radical (unpaired) electrons. The lowest BCUT2D eigenvalue weighted by molar-refractivity contribution is -0.385. The van der Waals surface area contributed by atoms with Crippen molar-refractivity contribution in [3.63, 3.8) is 0 Å². The zero-order valence-electron chi connectivity index (χ0n) is 12.3. The van der Waals surface area contributed by atoms with Crippen LogP contribution in [0.1, 0.15) is 5.56 Å². The third-order valence-corrected chi connectivity index (χ3v) is 3.14. The summed E-state index contributed by atoms with van der Waals surface area (Å²) in [5.74, 6) is 0.221. The van der Waals surface area contributed by atoms with Gasteiger partial charge in [0.2, 0.25) is 6.79 Å². The Balaban J connectivity index is 1.83. The summed E-state index contributed by atoms with van der Waals surface area (Å²) >= 11 is 0. The highest BCUT2D eigenvalue weighted by atomic mass is 19.4. The van der Waals surface area contributed by atoms with E-state index < -0.39 is 11.3 Å². The molecule has 10 heteroatoms. The highest BCUT2D eigenvalue weighted by Crippen LogP contribution is 2.37. The summed E-state index contributed by atoms with van der Waals surface area (Å²) in [4.78, 5) is 14.6. The highest BCUT2D eigenvalue weighted by Gasteiger charge is 2.31. The summed E-state index contributed by atoms with van der Waals surface area (Å²) in [5.41, 5.74) is 0.233. The monoisotopic (exact) mass is 354 g/mol. The van der Waals surface area contributed by atoms with Crippen LogP contribution in [0.2, 0.25) is 0 Å². The van der Waals surface area contributed by atoms with E-state index in [0.29, 0.717) is 11.4 Å². The number of nitrogens with zero attached hydrogens (tertiary/aromatic N) is 2. The van der Waals surface area contributed by atoms with Gasteiger partial charge in [0, 0.05) is 6.21 Å². The molecule has 0 saturated carbocycles. The Hall–Kier alpha value is -3.30. The molecule has 1 aliphatic heterocycles. The van der Waals surface area contributed by atoms with Gasteiger partial charge in [-0.05, 0) is 30.3 Å². The molecule has 2 aromatic carbocycles. The molecule has 0 bridgehead atoms. The van der Waals surface area contributed by atoms with Gasteiger partial charge in [-0.1, -0.05) is 0 Å². The van der Waals surface area contributed by atoms with Gasteiger partial charge in [-0.25, -0.2) is 0 Å². The van der Waals surface area contributed by atoms with Crippen molar-refractivity contribution in [2.24, 2.45) is 4.99 Å². The number of alkyl halides is 3. The molecule has 0 atom stereocenters. The van der Waals surface area contributed by atoms with E-state index in [1.807, 2.05) is 0 Å². The minimum atomic E-state index is -4.78. The average molecular weight is 354 g/mol. The molecule has 0 amide bonds. The third kappa shape index (κ3) is 3.97. The maximum Gasteiger partial charge on any atom is 0.573 e. The van der Waals surface area contributed by atoms with Gasteiger partial charge in [-0.2, -0.15) is 0 Å². The summed E-state index contributed by atoms with van der Waals surface area (Å²) in [6.45, 7) is -0.0340. The molecule has 0 saturated heterocycles. The quantitative estimate of drug-likeness (QED) is 0.471. The predicted octanol–water partition coefficient (Wildman–Crippen LogP) is 3.97. The number of benzene rings is 2. The maximum absolute atomic E-state index is 12.1. The first kappa shape index (κ1) is 16.6. The molecule has 25 heavy (non-hydrogen) atoms. The molecule has 1 aliphatic rings. The topological polar surface area (TPSA) is 83.2 Å². The molecule has 7 nitrogen and oxygen atoms in total. The van der Waals surface area contributed by atoms with E-state index in [1.165, 1.54) is 30.5 Å². The molecule has 0 aliphatic carbocycles. The smallest absolute Gasteiger partial charge is 0.454 e. The summed E-state index contributed by atoms with van der Waals surface area (Å²) < 4.78 is 50.3. The predicted molar refractivity (Wildman–Crippen MR) is 79.6 cm³/mol. The van der Waals surface area contributed by atoms with E-state index in [-0.39, 0.29) is 29.5 Å². The maximum atomic E-state index is 12.1. The summed E-state index contributed by atoms with van der Waals surface area (Å²) in [6, 6.07) is 7.39. The van der Waals surface area contributed by atoms with E-state index >= 15 is 0 Å². The number of ether oxygens (including phenoxy) is 3. The molecule has 130 valence electrons. The van der Waals surface area contributed by atoms with Gasteiger partial charge in [-0.3, -0.25) is 15.1 Å². The zero-order valence-corrected chi connectivity index (χ0v) is 12.3. The third-order valence-electron chi connectivity index (χ3n) is 3.14. The second kappa shape index (κ2) is 6.30. The first-order chi connectivity index (χ1) is 11.8. The number of nitro groups is 1. The Morgan fingerprint density at radius 3 is 2.40 bits per heavy atom. The van der Waals surface area contributed by atoms with E-state index in [1.54, 1.807) is 0 Å². The molecular weight excluding hydrogens is 345 g/mol. The van der Waals surface area contributed by atoms with Crippen LogP contribution in [0.4, 0.5) is 24.5 Å². The SMILES string of the molecule is O=[N+]([O-])c1cc2c(cc1C=Nc1ccc(OC(F)(F)F)cc1)OCO2. The largest absolute Gasteiger partial charge is 0.573 e. The van der Waals surface area contributed by atoms with Gasteiger partial charge < -0.3 is 14.2 Å². The number of hydrogen-bond acceptors (Lipinski definition) is 6. The molecule has 1 heterocycles. The minimum Gasteiger partial charge on any atom is -0.454 e. The number of aliphatic imine (C=N–C) groups is 1. The van der Waals surface area contributed by atoms with Crippen LogP contribution < -0.4 is 14.2 Å². The average Bonchev–Trinajstić information content (AvgIpc) is 2.99. The number of fused-ring (bicyclic) bond motifs is 1. The van der Waals surface area contributed by atoms with Crippen molar-refractivity contribution >= 4 is 17.6 Å². The normalized spacial score (nSPS) is 13.2. The Kier molecular flexibility index (Phi) is 4.17. The van der Waals surface area contributed by atoms with Crippen molar-refractivity contribution in [3.05, 3.63) is 52.1 Å². The fraction of sp³-hybridized carbons (Fsp3) is 0.133. The molecular formula is C15H9F3N2O5. The molecule has 0 unspecified atom stereocenters. The van der Waals surface area contributed by atoms with Gasteiger partial charge in [-0.15, -0.1) is 13.2 Å². The van der Waals surface area contributed by atoms with E-state index in [2.05, 4.69) is 9.73 Å². The first-order valence-corrected chi connectivity index (χ1v) is 6.80. The van der Waals surface area contributed by atoms with Gasteiger partial charge >= 0.3 is 6.36 Å². The van der Waals surface area contributed by atoms with Gasteiger partial charge in [0.05, 0.1) is 22.2 Å². The molecule has 0 aromatic heterocycles.